The summed E-state index contributed by atoms with van der Waals surface area (Å²) in [6, 6.07) is -0.0484. The van der Waals surface area contributed by atoms with Crippen LogP contribution < -0.4 is 5.32 Å². The molecule has 1 saturated heterocycles. The molecule has 25 heavy (non-hydrogen) atoms. The van der Waals surface area contributed by atoms with Gasteiger partial charge in [-0.05, 0) is 51.9 Å². The second-order valence-corrected chi connectivity index (χ2v) is 6.83. The minimum absolute atomic E-state index is 0.0484. The van der Waals surface area contributed by atoms with E-state index in [1.54, 1.807) is 4.90 Å². The maximum Gasteiger partial charge on any atom is 0.274 e. The molecule has 6 heteroatoms. The van der Waals surface area contributed by atoms with Crippen molar-refractivity contribution in [3.63, 3.8) is 0 Å². The van der Waals surface area contributed by atoms with E-state index in [0.29, 0.717) is 0 Å². The first-order valence-corrected chi connectivity index (χ1v) is 9.27. The molecule has 134 valence electrons. The Morgan fingerprint density at radius 1 is 1.04 bits per heavy atom. The third-order valence-electron chi connectivity index (χ3n) is 4.99. The molecule has 1 aliphatic carbocycles. The second-order valence-electron chi connectivity index (χ2n) is 6.83. The number of nitrogens with zero attached hydrogens (tertiary/aromatic N) is 3. The van der Waals surface area contributed by atoms with Crippen molar-refractivity contribution in [1.29, 1.82) is 0 Å². The molecule has 1 aromatic heterocycles. The number of aromatic nitrogens is 2. The first-order valence-electron chi connectivity index (χ1n) is 9.27. The number of hydrogen-bond donors (Lipinski definition) is 1. The second kappa shape index (κ2) is 8.23. The number of hydrogen-bond acceptors (Lipinski definition) is 4. The Balaban J connectivity index is 1.74. The molecule has 1 aromatic rings. The molecule has 1 atom stereocenters. The lowest BCUT2D eigenvalue weighted by Gasteiger charge is -2.27. The summed E-state index contributed by atoms with van der Waals surface area (Å²) in [7, 11) is 0. The Morgan fingerprint density at radius 3 is 2.44 bits per heavy atom. The number of amides is 2. The quantitative estimate of drug-likeness (QED) is 0.854. The molecule has 3 rings (SSSR count). The van der Waals surface area contributed by atoms with Gasteiger partial charge in [0.2, 0.25) is 0 Å². The number of piperidine rings is 1. The van der Waals surface area contributed by atoms with Crippen molar-refractivity contribution < 1.29 is 9.59 Å². The molecule has 0 radical (unpaired) electrons. The fourth-order valence-corrected chi connectivity index (χ4v) is 3.52. The Bertz CT molecular complexity index is 665. The lowest BCUT2D eigenvalue weighted by atomic mass is 9.94. The Hall–Kier alpha value is -2.24. The molecule has 6 nitrogen and oxygen atoms in total. The van der Waals surface area contributed by atoms with E-state index in [1.807, 2.05) is 6.92 Å². The van der Waals surface area contributed by atoms with E-state index in [-0.39, 0.29) is 29.2 Å². The highest BCUT2D eigenvalue weighted by atomic mass is 16.2. The summed E-state index contributed by atoms with van der Waals surface area (Å²) in [5.74, 6) is -0.519. The van der Waals surface area contributed by atoms with E-state index in [4.69, 9.17) is 0 Å². The highest BCUT2D eigenvalue weighted by Gasteiger charge is 2.26. The maximum atomic E-state index is 12.7. The van der Waals surface area contributed by atoms with Gasteiger partial charge in [0.05, 0.1) is 0 Å². The Kier molecular flexibility index (Phi) is 5.79. The van der Waals surface area contributed by atoms with Gasteiger partial charge in [-0.2, -0.15) is 0 Å². The van der Waals surface area contributed by atoms with Crippen LogP contribution in [0.4, 0.5) is 0 Å². The summed E-state index contributed by atoms with van der Waals surface area (Å²) in [6.45, 7) is 3.43. The predicted molar refractivity (Wildman–Crippen MR) is 95.3 cm³/mol. The van der Waals surface area contributed by atoms with Crippen LogP contribution >= 0.6 is 0 Å². The Morgan fingerprint density at radius 2 is 1.76 bits per heavy atom. The maximum absolute atomic E-state index is 12.7. The lowest BCUT2D eigenvalue weighted by molar-refractivity contribution is 0.0711. The van der Waals surface area contributed by atoms with Gasteiger partial charge >= 0.3 is 0 Å². The van der Waals surface area contributed by atoms with Crippen LogP contribution in [0, 0.1) is 0 Å². The predicted octanol–water partition coefficient (Wildman–Crippen LogP) is 2.72. The summed E-state index contributed by atoms with van der Waals surface area (Å²) in [6.07, 6.45) is 12.7. The van der Waals surface area contributed by atoms with Crippen molar-refractivity contribution in [2.75, 3.05) is 13.1 Å². The highest BCUT2D eigenvalue weighted by Crippen LogP contribution is 2.20. The number of likely N-dealkylation sites (tertiary alicyclic amines) is 1. The average Bonchev–Trinajstić information content (AvgIpc) is 2.68. The zero-order valence-corrected chi connectivity index (χ0v) is 14.8. The molecule has 0 saturated carbocycles. The van der Waals surface area contributed by atoms with Gasteiger partial charge in [-0.1, -0.05) is 11.6 Å². The highest BCUT2D eigenvalue weighted by molar-refractivity contribution is 6.04. The van der Waals surface area contributed by atoms with Crippen molar-refractivity contribution in [3.8, 4) is 0 Å². The minimum Gasteiger partial charge on any atom is -0.344 e. The number of carbonyl (C=O) groups excluding carboxylic acids is 2. The van der Waals surface area contributed by atoms with Crippen LogP contribution in [0.1, 0.15) is 72.8 Å². The number of allylic oxidation sites excluding steroid dienone is 1. The Labute approximate surface area is 148 Å². The normalized spacial score (nSPS) is 19.1. The van der Waals surface area contributed by atoms with E-state index in [2.05, 4.69) is 21.4 Å². The molecule has 0 aromatic carbocycles. The van der Waals surface area contributed by atoms with Crippen LogP contribution in [0.2, 0.25) is 0 Å². The van der Waals surface area contributed by atoms with E-state index < -0.39 is 0 Å². The van der Waals surface area contributed by atoms with Gasteiger partial charge in [0.25, 0.3) is 11.8 Å². The molecule has 1 aliphatic heterocycles. The molecule has 1 unspecified atom stereocenters. The molecular formula is C19H26N4O2. The van der Waals surface area contributed by atoms with Crippen LogP contribution in [0.3, 0.4) is 0 Å². The van der Waals surface area contributed by atoms with Gasteiger partial charge in [0.1, 0.15) is 0 Å². The lowest BCUT2D eigenvalue weighted by Crippen LogP contribution is -2.39. The fraction of sp³-hybridized carbons (Fsp3) is 0.579. The van der Waals surface area contributed by atoms with Gasteiger partial charge in [0, 0.05) is 31.5 Å². The van der Waals surface area contributed by atoms with Gasteiger partial charge in [0.15, 0.2) is 11.4 Å². The van der Waals surface area contributed by atoms with Crippen LogP contribution in [0.25, 0.3) is 0 Å². The van der Waals surface area contributed by atoms with Gasteiger partial charge in [-0.25, -0.2) is 9.97 Å². The van der Waals surface area contributed by atoms with Crippen molar-refractivity contribution in [2.45, 2.75) is 57.9 Å². The van der Waals surface area contributed by atoms with Crippen LogP contribution in [-0.4, -0.2) is 45.8 Å². The third-order valence-corrected chi connectivity index (χ3v) is 4.99. The van der Waals surface area contributed by atoms with E-state index in [1.165, 1.54) is 24.4 Å². The number of nitrogens with one attached hydrogen (secondary N) is 1. The monoisotopic (exact) mass is 342 g/mol. The summed E-state index contributed by atoms with van der Waals surface area (Å²) in [5, 5.41) is 2.98. The first-order chi connectivity index (χ1) is 12.2. The van der Waals surface area contributed by atoms with Crippen LogP contribution in [0.15, 0.2) is 24.0 Å². The number of carbonyl (C=O) groups is 2. The molecule has 0 bridgehead atoms. The standard InChI is InChI=1S/C19H26N4O2/c1-14(15-8-4-2-5-9-15)22-18(24)16-17(21-11-10-20-16)19(25)23-12-6-3-7-13-23/h8,10-11,14H,2-7,9,12-13H2,1H3,(H,22,24). The smallest absolute Gasteiger partial charge is 0.274 e. The van der Waals surface area contributed by atoms with Gasteiger partial charge < -0.3 is 10.2 Å². The SMILES string of the molecule is CC(NC(=O)c1nccnc1C(=O)N1CCCCC1)C1=CCCCC1. The molecule has 2 heterocycles. The summed E-state index contributed by atoms with van der Waals surface area (Å²) in [4.78, 5) is 35.5. The summed E-state index contributed by atoms with van der Waals surface area (Å²) >= 11 is 0. The number of rotatable bonds is 4. The molecule has 0 spiro atoms. The summed E-state index contributed by atoms with van der Waals surface area (Å²) < 4.78 is 0. The zero-order valence-electron chi connectivity index (χ0n) is 14.8. The van der Waals surface area contributed by atoms with E-state index in [0.717, 1.165) is 51.6 Å². The molecule has 2 amide bonds. The van der Waals surface area contributed by atoms with Gasteiger partial charge in [-0.3, -0.25) is 9.59 Å². The van der Waals surface area contributed by atoms with Gasteiger partial charge in [-0.15, -0.1) is 0 Å². The van der Waals surface area contributed by atoms with E-state index >= 15 is 0 Å². The average molecular weight is 342 g/mol. The fourth-order valence-electron chi connectivity index (χ4n) is 3.52. The zero-order chi connectivity index (χ0) is 17.6. The topological polar surface area (TPSA) is 75.2 Å². The van der Waals surface area contributed by atoms with Crippen molar-refractivity contribution in [3.05, 3.63) is 35.4 Å². The molecular weight excluding hydrogens is 316 g/mol. The molecule has 2 aliphatic rings. The van der Waals surface area contributed by atoms with Crippen molar-refractivity contribution >= 4 is 11.8 Å². The van der Waals surface area contributed by atoms with Crippen molar-refractivity contribution in [1.82, 2.24) is 20.2 Å². The molecule has 1 N–H and O–H groups in total. The molecule has 1 fully saturated rings. The third kappa shape index (κ3) is 4.24. The van der Waals surface area contributed by atoms with Crippen molar-refractivity contribution in [2.24, 2.45) is 0 Å². The summed E-state index contributed by atoms with van der Waals surface area (Å²) in [5.41, 5.74) is 1.54. The van der Waals surface area contributed by atoms with E-state index in [9.17, 15) is 9.59 Å². The van der Waals surface area contributed by atoms with Crippen LogP contribution in [0.5, 0.6) is 0 Å². The first kappa shape index (κ1) is 17.6. The van der Waals surface area contributed by atoms with Crippen LogP contribution in [-0.2, 0) is 0 Å². The minimum atomic E-state index is -0.326. The largest absolute Gasteiger partial charge is 0.344 e.